The molecular weight excluding hydrogens is 396 g/mol. The fourth-order valence-corrected chi connectivity index (χ4v) is 6.19. The predicted octanol–water partition coefficient (Wildman–Crippen LogP) is 3.52. The average molecular weight is 416 g/mol. The van der Waals surface area contributed by atoms with Crippen molar-refractivity contribution in [3.05, 3.63) is 14.9 Å². The number of halogens is 2. The van der Waals surface area contributed by atoms with Gasteiger partial charge >= 0.3 is 0 Å². The number of piperazine rings is 1. The largest absolute Gasteiger partial charge is 0.301 e. The summed E-state index contributed by atoms with van der Waals surface area (Å²) in [7, 11) is -3.41. The molecule has 1 saturated heterocycles. The molecule has 0 aliphatic carbocycles. The second kappa shape index (κ2) is 7.27. The van der Waals surface area contributed by atoms with Gasteiger partial charge in [0.05, 0.1) is 8.81 Å². The highest BCUT2D eigenvalue weighted by Crippen LogP contribution is 2.36. The summed E-state index contributed by atoms with van der Waals surface area (Å²) in [6.45, 7) is 8.15. The lowest BCUT2D eigenvalue weighted by Crippen LogP contribution is -2.48. The Balaban J connectivity index is 1.98. The first-order chi connectivity index (χ1) is 9.80. The molecule has 21 heavy (non-hydrogen) atoms. The van der Waals surface area contributed by atoms with E-state index in [1.807, 2.05) is 0 Å². The van der Waals surface area contributed by atoms with Crippen LogP contribution in [0.15, 0.2) is 14.1 Å². The van der Waals surface area contributed by atoms with Crippen LogP contribution in [-0.4, -0.2) is 50.3 Å². The summed E-state index contributed by atoms with van der Waals surface area (Å²) in [6, 6.07) is 1.52. The van der Waals surface area contributed by atoms with E-state index in [0.29, 0.717) is 32.0 Å². The lowest BCUT2D eigenvalue weighted by molar-refractivity contribution is 0.181. The van der Waals surface area contributed by atoms with Crippen LogP contribution >= 0.6 is 38.9 Å². The van der Waals surface area contributed by atoms with Gasteiger partial charge in [0.15, 0.2) is 0 Å². The third-order valence-corrected chi connectivity index (χ3v) is 8.39. The highest BCUT2D eigenvalue weighted by Gasteiger charge is 2.30. The minimum atomic E-state index is -3.41. The number of nitrogens with zero attached hydrogens (tertiary/aromatic N) is 2. The number of sulfonamides is 1. The quantitative estimate of drug-likeness (QED) is 0.739. The first kappa shape index (κ1) is 17.7. The summed E-state index contributed by atoms with van der Waals surface area (Å²) in [5.74, 6) is 0.678. The van der Waals surface area contributed by atoms with Crippen molar-refractivity contribution < 1.29 is 8.42 Å². The van der Waals surface area contributed by atoms with Gasteiger partial charge in [-0.15, -0.1) is 11.3 Å². The zero-order chi connectivity index (χ0) is 15.6. The number of hydrogen-bond donors (Lipinski definition) is 0. The van der Waals surface area contributed by atoms with E-state index >= 15 is 0 Å². The lowest BCUT2D eigenvalue weighted by Gasteiger charge is -2.33. The number of thiophene rings is 1. The molecule has 4 nitrogen and oxygen atoms in total. The highest BCUT2D eigenvalue weighted by atomic mass is 79.9. The SMILES string of the molecule is CC(C)CCN1CCN(S(=O)(=O)c2cc(Cl)c(Br)s2)CC1. The fourth-order valence-electron chi connectivity index (χ4n) is 2.22. The molecule has 0 amide bonds. The van der Waals surface area contributed by atoms with Crippen LogP contribution in [0.3, 0.4) is 0 Å². The fraction of sp³-hybridized carbons (Fsp3) is 0.692. The Labute approximate surface area is 144 Å². The van der Waals surface area contributed by atoms with Crippen molar-refractivity contribution in [2.45, 2.75) is 24.5 Å². The Morgan fingerprint density at radius 2 is 1.95 bits per heavy atom. The van der Waals surface area contributed by atoms with Crippen LogP contribution in [0.5, 0.6) is 0 Å². The Hall–Kier alpha value is 0.340. The molecule has 2 heterocycles. The summed E-state index contributed by atoms with van der Waals surface area (Å²) in [5, 5.41) is 0.453. The zero-order valence-corrected chi connectivity index (χ0v) is 16.2. The van der Waals surface area contributed by atoms with E-state index in [4.69, 9.17) is 11.6 Å². The molecule has 0 bridgehead atoms. The first-order valence-corrected chi connectivity index (χ1v) is 10.4. The molecule has 2 rings (SSSR count). The maximum atomic E-state index is 12.6. The Bertz CT molecular complexity index is 561. The van der Waals surface area contributed by atoms with E-state index in [0.717, 1.165) is 26.1 Å². The minimum Gasteiger partial charge on any atom is -0.301 e. The number of rotatable bonds is 5. The lowest BCUT2D eigenvalue weighted by atomic mass is 10.1. The highest BCUT2D eigenvalue weighted by molar-refractivity contribution is 9.11. The van der Waals surface area contributed by atoms with Crippen LogP contribution in [-0.2, 0) is 10.0 Å². The van der Waals surface area contributed by atoms with Gasteiger partial charge in [0.1, 0.15) is 4.21 Å². The predicted molar refractivity (Wildman–Crippen MR) is 91.7 cm³/mol. The second-order valence-corrected chi connectivity index (χ2v) is 10.6. The minimum absolute atomic E-state index is 0.315. The summed E-state index contributed by atoms with van der Waals surface area (Å²) in [5.41, 5.74) is 0. The average Bonchev–Trinajstić information content (AvgIpc) is 2.77. The van der Waals surface area contributed by atoms with E-state index in [1.54, 1.807) is 4.31 Å². The van der Waals surface area contributed by atoms with Gasteiger partial charge in [-0.2, -0.15) is 4.31 Å². The molecule has 1 aromatic heterocycles. The monoisotopic (exact) mass is 414 g/mol. The van der Waals surface area contributed by atoms with Gasteiger partial charge in [-0.05, 0) is 40.9 Å². The second-order valence-electron chi connectivity index (χ2n) is 5.62. The topological polar surface area (TPSA) is 40.6 Å². The Kier molecular flexibility index (Phi) is 6.13. The van der Waals surface area contributed by atoms with Gasteiger partial charge in [-0.1, -0.05) is 25.4 Å². The van der Waals surface area contributed by atoms with Crippen LogP contribution in [0.25, 0.3) is 0 Å². The van der Waals surface area contributed by atoms with Crippen LogP contribution in [0.2, 0.25) is 5.02 Å². The van der Waals surface area contributed by atoms with Crippen molar-refractivity contribution in [2.75, 3.05) is 32.7 Å². The van der Waals surface area contributed by atoms with Gasteiger partial charge in [0.2, 0.25) is 0 Å². The molecule has 0 atom stereocenters. The molecule has 0 spiro atoms. The van der Waals surface area contributed by atoms with Crippen LogP contribution in [0.1, 0.15) is 20.3 Å². The van der Waals surface area contributed by atoms with Gasteiger partial charge in [-0.25, -0.2) is 8.42 Å². The van der Waals surface area contributed by atoms with Crippen LogP contribution in [0, 0.1) is 5.92 Å². The molecule has 120 valence electrons. The molecule has 0 aromatic carbocycles. The molecule has 1 aliphatic rings. The standard InChI is InChI=1S/C13H20BrClN2O2S2/c1-10(2)3-4-16-5-7-17(8-6-16)21(18,19)12-9-11(15)13(14)20-12/h9-10H,3-8H2,1-2H3. The van der Waals surface area contributed by atoms with Crippen molar-refractivity contribution in [1.82, 2.24) is 9.21 Å². The van der Waals surface area contributed by atoms with Crippen molar-refractivity contribution in [2.24, 2.45) is 5.92 Å². The van der Waals surface area contributed by atoms with Gasteiger partial charge in [-0.3, -0.25) is 0 Å². The maximum absolute atomic E-state index is 12.6. The van der Waals surface area contributed by atoms with Crippen molar-refractivity contribution in [3.8, 4) is 0 Å². The zero-order valence-electron chi connectivity index (χ0n) is 12.2. The number of hydrogen-bond acceptors (Lipinski definition) is 4. The van der Waals surface area contributed by atoms with Crippen molar-refractivity contribution in [1.29, 1.82) is 0 Å². The molecule has 8 heteroatoms. The molecule has 0 saturated carbocycles. The van der Waals surface area contributed by atoms with Gasteiger partial charge in [0.25, 0.3) is 10.0 Å². The summed E-state index contributed by atoms with van der Waals surface area (Å²) in [4.78, 5) is 2.34. The third-order valence-electron chi connectivity index (χ3n) is 3.57. The molecule has 0 N–H and O–H groups in total. The van der Waals surface area contributed by atoms with Gasteiger partial charge < -0.3 is 4.90 Å². The molecule has 1 aromatic rings. The van der Waals surface area contributed by atoms with E-state index < -0.39 is 10.0 Å². The van der Waals surface area contributed by atoms with E-state index in [9.17, 15) is 8.42 Å². The summed E-state index contributed by atoms with van der Waals surface area (Å²) in [6.07, 6.45) is 1.15. The maximum Gasteiger partial charge on any atom is 0.252 e. The molecule has 0 unspecified atom stereocenters. The van der Waals surface area contributed by atoms with Crippen LogP contribution in [0.4, 0.5) is 0 Å². The Morgan fingerprint density at radius 1 is 1.33 bits per heavy atom. The van der Waals surface area contributed by atoms with Gasteiger partial charge in [0, 0.05) is 26.2 Å². The van der Waals surface area contributed by atoms with E-state index in [-0.39, 0.29) is 0 Å². The molecular formula is C13H20BrClN2O2S2. The molecule has 0 radical (unpaired) electrons. The first-order valence-electron chi connectivity index (χ1n) is 6.98. The van der Waals surface area contributed by atoms with Crippen molar-refractivity contribution in [3.63, 3.8) is 0 Å². The normalized spacial score (nSPS) is 18.5. The molecule has 1 fully saturated rings. The third kappa shape index (κ3) is 4.42. The van der Waals surface area contributed by atoms with E-state index in [1.165, 1.54) is 17.4 Å². The van der Waals surface area contributed by atoms with Crippen molar-refractivity contribution >= 4 is 48.9 Å². The van der Waals surface area contributed by atoms with Crippen LogP contribution < -0.4 is 0 Å². The smallest absolute Gasteiger partial charge is 0.252 e. The van der Waals surface area contributed by atoms with E-state index in [2.05, 4.69) is 34.7 Å². The molecule has 1 aliphatic heterocycles. The Morgan fingerprint density at radius 3 is 2.43 bits per heavy atom. The summed E-state index contributed by atoms with van der Waals surface area (Å²) >= 11 is 10.4. The summed E-state index contributed by atoms with van der Waals surface area (Å²) < 4.78 is 27.7.